The molecule has 9 heteroatoms. The highest BCUT2D eigenvalue weighted by Gasteiger charge is 2.50. The summed E-state index contributed by atoms with van der Waals surface area (Å²) >= 11 is 5.85. The van der Waals surface area contributed by atoms with E-state index in [-0.39, 0.29) is 23.0 Å². The molecule has 6 rings (SSSR count). The van der Waals surface area contributed by atoms with Gasteiger partial charge in [-0.3, -0.25) is 5.32 Å². The third-order valence-electron chi connectivity index (χ3n) is 11.6. The molecule has 3 N–H and O–H groups in total. The number of hydrogen-bond acceptors (Lipinski definition) is 5. The van der Waals surface area contributed by atoms with Gasteiger partial charge < -0.3 is 32.1 Å². The van der Waals surface area contributed by atoms with Gasteiger partial charge in [-0.2, -0.15) is 0 Å². The predicted octanol–water partition coefficient (Wildman–Crippen LogP) is 5.31. The van der Waals surface area contributed by atoms with Crippen LogP contribution >= 0.6 is 12.2 Å². The smallest absolute Gasteiger partial charge is 0.196 e. The fraction of sp³-hybridized carbons (Fsp3) is 0.667. The minimum Gasteiger partial charge on any atom is -1.00 e. The van der Waals surface area contributed by atoms with Crippen molar-refractivity contribution >= 4 is 32.7 Å². The molecule has 4 heterocycles. The van der Waals surface area contributed by atoms with E-state index in [1.165, 1.54) is 62.8 Å². The first-order chi connectivity index (χ1) is 22.7. The lowest BCUT2D eigenvalue weighted by molar-refractivity contribution is -0.942. The van der Waals surface area contributed by atoms with Crippen LogP contribution in [0.25, 0.3) is 0 Å². The number of thiocarbonyl (C=S) groups is 1. The van der Waals surface area contributed by atoms with Crippen LogP contribution in [-0.4, -0.2) is 62.0 Å². The summed E-state index contributed by atoms with van der Waals surface area (Å²) in [6.07, 6.45) is 15.3. The summed E-state index contributed by atoms with van der Waals surface area (Å²) in [7, 11) is -1.86. The van der Waals surface area contributed by atoms with E-state index in [4.69, 9.17) is 12.2 Å². The number of nitrogens with one attached hydrogen (secondary N) is 3. The van der Waals surface area contributed by atoms with Gasteiger partial charge in [-0.1, -0.05) is 82.9 Å². The van der Waals surface area contributed by atoms with E-state index in [9.17, 15) is 8.42 Å². The molecule has 4 aliphatic rings. The van der Waals surface area contributed by atoms with Crippen molar-refractivity contribution in [1.29, 1.82) is 0 Å². The second kappa shape index (κ2) is 17.7. The lowest BCUT2D eigenvalue weighted by atomic mass is 9.83. The Balaban J connectivity index is 0.00000520. The van der Waals surface area contributed by atoms with Crippen LogP contribution in [0.15, 0.2) is 47.4 Å². The van der Waals surface area contributed by atoms with Crippen molar-refractivity contribution in [2.45, 2.75) is 133 Å². The second-order valence-electron chi connectivity index (χ2n) is 14.8. The number of benzene rings is 2. The summed E-state index contributed by atoms with van der Waals surface area (Å²) in [6.45, 7) is 12.0. The number of unbranched alkanes of at least 4 members (excludes halogenated alkanes) is 4. The third kappa shape index (κ3) is 8.92. The Morgan fingerprint density at radius 3 is 2.25 bits per heavy atom. The van der Waals surface area contributed by atoms with Gasteiger partial charge in [0.1, 0.15) is 5.37 Å². The summed E-state index contributed by atoms with van der Waals surface area (Å²) < 4.78 is 30.4. The molecule has 3 saturated heterocycles. The Morgan fingerprint density at radius 1 is 0.938 bits per heavy atom. The Hall–Kier alpha value is -1.36. The first-order valence-electron chi connectivity index (χ1n) is 18.8. The minimum atomic E-state index is -3.67. The number of quaternary nitrogens is 1. The second-order valence-corrected chi connectivity index (χ2v) is 17.3. The predicted molar refractivity (Wildman–Crippen MR) is 201 cm³/mol. The number of rotatable bonds is 16. The summed E-state index contributed by atoms with van der Waals surface area (Å²) in [6, 6.07) is 14.2. The minimum absolute atomic E-state index is 0. The highest BCUT2D eigenvalue weighted by atomic mass is 79.9. The van der Waals surface area contributed by atoms with Crippen LogP contribution in [0.1, 0.15) is 127 Å². The average Bonchev–Trinajstić information content (AvgIpc) is 3.16. The van der Waals surface area contributed by atoms with Gasteiger partial charge in [0.25, 0.3) is 0 Å². The van der Waals surface area contributed by atoms with Crippen LogP contribution in [0.4, 0.5) is 5.69 Å². The van der Waals surface area contributed by atoms with Crippen LogP contribution in [-0.2, 0) is 16.3 Å². The Labute approximate surface area is 307 Å². The third-order valence-corrected chi connectivity index (χ3v) is 14.2. The van der Waals surface area contributed by atoms with Crippen LogP contribution in [0.3, 0.4) is 0 Å². The molecule has 4 aliphatic heterocycles. The molecule has 2 atom stereocenters. The fourth-order valence-electron chi connectivity index (χ4n) is 8.78. The average molecular weight is 762 g/mol. The van der Waals surface area contributed by atoms with E-state index in [1.54, 1.807) is 7.05 Å². The number of halogens is 1. The summed E-state index contributed by atoms with van der Waals surface area (Å²) in [5, 5.41) is 10.2. The number of nitrogens with zero attached hydrogens (tertiary/aromatic N) is 1. The highest BCUT2D eigenvalue weighted by molar-refractivity contribution is 7.92. The largest absolute Gasteiger partial charge is 1.00 e. The molecule has 0 spiro atoms. The standard InChI is InChI=1S/C39H60N4O2S2.BrH/c1-5-8-22-39(23-9-6-2)38(40-4)47(44,45)35-18-17-30(7-3)28-34(35)37(42-39)32-14-13-15-33(29-32)41-36(46)16-11-10-12-24-43-25-19-31(20-26-43)21-27-43;/h13-15,17-18,28-29,31,37-38,40,42H,5-12,16,19-27H2,1-4H3;1H. The van der Waals surface area contributed by atoms with Gasteiger partial charge >= 0.3 is 0 Å². The molecular formula is C39H61BrN4O2S2. The lowest BCUT2D eigenvalue weighted by Gasteiger charge is -2.49. The van der Waals surface area contributed by atoms with Gasteiger partial charge in [-0.25, -0.2) is 8.42 Å². The zero-order valence-electron chi connectivity index (χ0n) is 30.0. The van der Waals surface area contributed by atoms with Gasteiger partial charge in [0, 0.05) is 11.2 Å². The van der Waals surface area contributed by atoms with Gasteiger partial charge in [-0.15, -0.1) is 0 Å². The van der Waals surface area contributed by atoms with E-state index >= 15 is 0 Å². The number of hydrogen-bond donors (Lipinski definition) is 3. The number of anilines is 1. The quantitative estimate of drug-likeness (QED) is 0.123. The number of fused-ring (bicyclic) bond motifs is 4. The van der Waals surface area contributed by atoms with Crippen molar-refractivity contribution < 1.29 is 29.9 Å². The number of aryl methyl sites for hydroxylation is 1. The lowest BCUT2D eigenvalue weighted by Crippen LogP contribution is -3.00. The molecule has 2 aromatic carbocycles. The molecule has 0 aromatic heterocycles. The number of piperidine rings is 3. The maximum atomic E-state index is 14.5. The van der Waals surface area contributed by atoms with Crippen molar-refractivity contribution in [3.05, 3.63) is 59.2 Å². The molecule has 2 unspecified atom stereocenters. The zero-order valence-corrected chi connectivity index (χ0v) is 33.2. The van der Waals surface area contributed by atoms with Crippen LogP contribution in [0.2, 0.25) is 0 Å². The highest BCUT2D eigenvalue weighted by Crippen LogP contribution is 2.42. The van der Waals surface area contributed by atoms with Gasteiger partial charge in [0.15, 0.2) is 9.84 Å². The maximum Gasteiger partial charge on any atom is 0.196 e. The topological polar surface area (TPSA) is 70.2 Å². The van der Waals surface area contributed by atoms with Crippen molar-refractivity contribution in [1.82, 2.24) is 10.6 Å². The molecule has 0 aliphatic carbocycles. The number of sulfone groups is 1. The van der Waals surface area contributed by atoms with Crippen LogP contribution in [0, 0.1) is 5.92 Å². The first kappa shape index (κ1) is 39.4. The normalized spacial score (nSPS) is 25.5. The van der Waals surface area contributed by atoms with E-state index < -0.39 is 20.8 Å². The fourth-order valence-corrected chi connectivity index (χ4v) is 11.3. The van der Waals surface area contributed by atoms with Crippen molar-refractivity contribution in [2.75, 3.05) is 38.5 Å². The molecule has 0 radical (unpaired) electrons. The zero-order chi connectivity index (χ0) is 33.5. The maximum absolute atomic E-state index is 14.5. The molecule has 6 nitrogen and oxygen atoms in total. The summed E-state index contributed by atoms with van der Waals surface area (Å²) in [5.41, 5.74) is 3.43. The van der Waals surface area contributed by atoms with E-state index in [2.05, 4.69) is 67.1 Å². The van der Waals surface area contributed by atoms with E-state index in [0.29, 0.717) is 4.90 Å². The first-order valence-corrected chi connectivity index (χ1v) is 20.7. The SMILES string of the molecule is CCCCC1(CCCC)NC(c2cccc(NC(=S)CCCCC[N+]34CCC(CC3)CC4)c2)c2cc(CC)ccc2S(=O)(=O)C1NC.[Br-]. The van der Waals surface area contributed by atoms with Gasteiger partial charge in [0.05, 0.1) is 42.1 Å². The summed E-state index contributed by atoms with van der Waals surface area (Å²) in [4.78, 5) is 1.32. The summed E-state index contributed by atoms with van der Waals surface area (Å²) in [5.74, 6) is 1.02. The molecular weight excluding hydrogens is 700 g/mol. The van der Waals surface area contributed by atoms with Crippen molar-refractivity contribution in [3.8, 4) is 0 Å². The molecule has 2 aromatic rings. The van der Waals surface area contributed by atoms with E-state index in [1.807, 2.05) is 12.1 Å². The molecule has 0 saturated carbocycles. The van der Waals surface area contributed by atoms with Crippen LogP contribution < -0.4 is 32.9 Å². The molecule has 2 bridgehead atoms. The molecule has 268 valence electrons. The Bertz CT molecular complexity index is 1440. The molecule has 0 amide bonds. The van der Waals surface area contributed by atoms with Crippen molar-refractivity contribution in [3.63, 3.8) is 0 Å². The monoisotopic (exact) mass is 760 g/mol. The Morgan fingerprint density at radius 2 is 1.62 bits per heavy atom. The van der Waals surface area contributed by atoms with Gasteiger partial charge in [0.2, 0.25) is 0 Å². The molecule has 3 fully saturated rings. The number of likely N-dealkylation sites (N-methyl/N-ethyl adjacent to an activating group) is 1. The Kier molecular flexibility index (Phi) is 14.6. The van der Waals surface area contributed by atoms with Crippen molar-refractivity contribution in [2.24, 2.45) is 5.92 Å². The molecule has 48 heavy (non-hydrogen) atoms. The van der Waals surface area contributed by atoms with Gasteiger partial charge in [-0.05, 0) is 112 Å². The van der Waals surface area contributed by atoms with Crippen LogP contribution in [0.5, 0.6) is 0 Å². The van der Waals surface area contributed by atoms with E-state index in [0.717, 1.165) is 91.1 Å².